The zero-order valence-corrected chi connectivity index (χ0v) is 17.7. The van der Waals surface area contributed by atoms with Gasteiger partial charge in [-0.25, -0.2) is 4.98 Å². The van der Waals surface area contributed by atoms with E-state index in [1.165, 1.54) is 5.39 Å². The van der Waals surface area contributed by atoms with Gasteiger partial charge >= 0.3 is 0 Å². The number of amides is 1. The van der Waals surface area contributed by atoms with Gasteiger partial charge in [-0.1, -0.05) is 36.4 Å². The van der Waals surface area contributed by atoms with E-state index in [1.807, 2.05) is 30.3 Å². The molecular weight excluding hydrogens is 407 g/mol. The van der Waals surface area contributed by atoms with Crippen molar-refractivity contribution in [2.45, 2.75) is 18.9 Å². The predicted octanol–water partition coefficient (Wildman–Crippen LogP) is 4.11. The van der Waals surface area contributed by atoms with Crippen LogP contribution in [0.2, 0.25) is 0 Å². The average Bonchev–Trinajstić information content (AvgIpc) is 3.26. The minimum absolute atomic E-state index is 0. The van der Waals surface area contributed by atoms with Crippen LogP contribution in [0.4, 0.5) is 5.82 Å². The second-order valence-electron chi connectivity index (χ2n) is 6.94. The number of nitrogens with one attached hydrogen (secondary N) is 1. The molecule has 1 aromatic heterocycles. The van der Waals surface area contributed by atoms with Crippen LogP contribution in [0, 0.1) is 0 Å². The quantitative estimate of drug-likeness (QED) is 0.636. The molecule has 1 unspecified atom stereocenters. The van der Waals surface area contributed by atoms with Crippen molar-refractivity contribution < 1.29 is 4.79 Å². The summed E-state index contributed by atoms with van der Waals surface area (Å²) in [5.74, 6) is 0.635. The fourth-order valence-corrected chi connectivity index (χ4v) is 3.69. The summed E-state index contributed by atoms with van der Waals surface area (Å²) >= 11 is 0. The molecule has 1 atom stereocenters. The first-order chi connectivity index (χ1) is 13.3. The van der Waals surface area contributed by atoms with Crippen LogP contribution in [0.5, 0.6) is 0 Å². The molecule has 0 saturated carbocycles. The Morgan fingerprint density at radius 2 is 1.76 bits per heavy atom. The average molecular weight is 433 g/mol. The van der Waals surface area contributed by atoms with E-state index in [0.717, 1.165) is 42.7 Å². The van der Waals surface area contributed by atoms with Crippen molar-refractivity contribution in [3.8, 4) is 0 Å². The summed E-state index contributed by atoms with van der Waals surface area (Å²) in [5, 5.41) is 5.41. The van der Waals surface area contributed by atoms with E-state index in [2.05, 4.69) is 39.5 Å². The second-order valence-corrected chi connectivity index (χ2v) is 6.94. The summed E-state index contributed by atoms with van der Waals surface area (Å²) in [6, 6.07) is 17.8. The molecule has 2 aromatic carbocycles. The molecule has 0 radical (unpaired) electrons. The van der Waals surface area contributed by atoms with Crippen molar-refractivity contribution in [3.05, 3.63) is 71.9 Å². The second kappa shape index (κ2) is 10.4. The Balaban J connectivity index is 0.00000150. The van der Waals surface area contributed by atoms with Gasteiger partial charge in [-0.05, 0) is 47.4 Å². The first kappa shape index (κ1) is 22.9. The van der Waals surface area contributed by atoms with Crippen LogP contribution in [0.3, 0.4) is 0 Å². The van der Waals surface area contributed by atoms with Gasteiger partial charge in [-0.15, -0.1) is 24.8 Å². The van der Waals surface area contributed by atoms with Gasteiger partial charge in [0.15, 0.2) is 0 Å². The van der Waals surface area contributed by atoms with E-state index in [0.29, 0.717) is 12.1 Å². The van der Waals surface area contributed by atoms with Gasteiger partial charge in [0.05, 0.1) is 11.6 Å². The SMILES string of the molecule is Cl.Cl.NCC(NC(=O)c1cccnc1N1CCCC1)c1ccc2ccccc2c1. The number of pyridine rings is 1. The third kappa shape index (κ3) is 4.99. The maximum atomic E-state index is 13.0. The van der Waals surface area contributed by atoms with E-state index < -0.39 is 0 Å². The molecule has 154 valence electrons. The largest absolute Gasteiger partial charge is 0.356 e. The summed E-state index contributed by atoms with van der Waals surface area (Å²) in [4.78, 5) is 19.6. The van der Waals surface area contributed by atoms with Crippen molar-refractivity contribution in [1.82, 2.24) is 10.3 Å². The van der Waals surface area contributed by atoms with E-state index in [-0.39, 0.29) is 36.8 Å². The molecular formula is C22H26Cl2N4O. The Morgan fingerprint density at radius 1 is 1.03 bits per heavy atom. The number of nitrogens with zero attached hydrogens (tertiary/aromatic N) is 2. The Hall–Kier alpha value is -2.34. The zero-order valence-electron chi connectivity index (χ0n) is 16.1. The normalized spacial score (nSPS) is 14.0. The van der Waals surface area contributed by atoms with Crippen LogP contribution in [0.15, 0.2) is 60.8 Å². The van der Waals surface area contributed by atoms with Gasteiger partial charge in [0, 0.05) is 25.8 Å². The van der Waals surface area contributed by atoms with Crippen LogP contribution in [0.25, 0.3) is 10.8 Å². The lowest BCUT2D eigenvalue weighted by Gasteiger charge is -2.22. The van der Waals surface area contributed by atoms with Crippen LogP contribution in [-0.4, -0.2) is 30.5 Å². The molecule has 3 aromatic rings. The molecule has 5 nitrogen and oxygen atoms in total. The standard InChI is InChI=1S/C22H24N4O.2ClH/c23-15-20(18-10-9-16-6-1-2-7-17(16)14-18)25-22(27)19-8-5-11-24-21(19)26-12-3-4-13-26;;/h1-2,5-11,14,20H,3-4,12-13,15,23H2,(H,25,27);2*1H. The first-order valence-corrected chi connectivity index (χ1v) is 9.46. The van der Waals surface area contributed by atoms with Crippen molar-refractivity contribution >= 4 is 47.3 Å². The monoisotopic (exact) mass is 432 g/mol. The Kier molecular flexibility index (Phi) is 8.26. The van der Waals surface area contributed by atoms with Crippen molar-refractivity contribution in [3.63, 3.8) is 0 Å². The summed E-state index contributed by atoms with van der Waals surface area (Å²) in [6.45, 7) is 2.23. The van der Waals surface area contributed by atoms with Crippen LogP contribution in [-0.2, 0) is 0 Å². The third-order valence-corrected chi connectivity index (χ3v) is 5.15. The Bertz CT molecular complexity index is 960. The molecule has 4 rings (SSSR count). The number of hydrogen-bond acceptors (Lipinski definition) is 4. The Morgan fingerprint density at radius 3 is 2.48 bits per heavy atom. The number of carbonyl (C=O) groups is 1. The van der Waals surface area contributed by atoms with E-state index in [9.17, 15) is 4.79 Å². The number of benzene rings is 2. The maximum absolute atomic E-state index is 13.0. The molecule has 1 saturated heterocycles. The van der Waals surface area contributed by atoms with E-state index in [4.69, 9.17) is 5.73 Å². The van der Waals surface area contributed by atoms with Crippen LogP contribution in [0.1, 0.15) is 34.8 Å². The number of nitrogens with two attached hydrogens (primary N) is 1. The van der Waals surface area contributed by atoms with Crippen molar-refractivity contribution in [1.29, 1.82) is 0 Å². The fraction of sp³-hybridized carbons (Fsp3) is 0.273. The smallest absolute Gasteiger partial charge is 0.255 e. The lowest BCUT2D eigenvalue weighted by molar-refractivity contribution is 0.0938. The predicted molar refractivity (Wildman–Crippen MR) is 123 cm³/mol. The van der Waals surface area contributed by atoms with Crippen molar-refractivity contribution in [2.75, 3.05) is 24.5 Å². The molecule has 3 N–H and O–H groups in total. The highest BCUT2D eigenvalue weighted by Crippen LogP contribution is 2.24. The molecule has 0 spiro atoms. The van der Waals surface area contributed by atoms with E-state index in [1.54, 1.807) is 6.20 Å². The molecule has 0 bridgehead atoms. The van der Waals surface area contributed by atoms with Gasteiger partial charge in [-0.2, -0.15) is 0 Å². The molecule has 1 aliphatic heterocycles. The molecule has 1 amide bonds. The summed E-state index contributed by atoms with van der Waals surface area (Å²) in [5.41, 5.74) is 7.61. The maximum Gasteiger partial charge on any atom is 0.255 e. The number of carbonyl (C=O) groups excluding carboxylic acids is 1. The molecule has 1 fully saturated rings. The molecule has 0 aliphatic carbocycles. The highest BCUT2D eigenvalue weighted by Gasteiger charge is 2.22. The summed E-state index contributed by atoms with van der Waals surface area (Å²) in [7, 11) is 0. The molecule has 29 heavy (non-hydrogen) atoms. The number of hydrogen-bond donors (Lipinski definition) is 2. The third-order valence-electron chi connectivity index (χ3n) is 5.15. The van der Waals surface area contributed by atoms with E-state index >= 15 is 0 Å². The van der Waals surface area contributed by atoms with Gasteiger partial charge < -0.3 is 16.0 Å². The number of anilines is 1. The highest BCUT2D eigenvalue weighted by molar-refractivity contribution is 5.99. The molecule has 2 heterocycles. The number of aromatic nitrogens is 1. The minimum Gasteiger partial charge on any atom is -0.356 e. The van der Waals surface area contributed by atoms with Gasteiger partial charge in [0.2, 0.25) is 0 Å². The highest BCUT2D eigenvalue weighted by atomic mass is 35.5. The minimum atomic E-state index is -0.242. The molecule has 7 heteroatoms. The van der Waals surface area contributed by atoms with Gasteiger partial charge in [0.1, 0.15) is 5.82 Å². The lowest BCUT2D eigenvalue weighted by atomic mass is 10.0. The molecule has 1 aliphatic rings. The van der Waals surface area contributed by atoms with Crippen LogP contribution >= 0.6 is 24.8 Å². The lowest BCUT2D eigenvalue weighted by Crippen LogP contribution is -2.34. The number of fused-ring (bicyclic) bond motifs is 1. The van der Waals surface area contributed by atoms with Crippen molar-refractivity contribution in [2.24, 2.45) is 5.73 Å². The number of rotatable bonds is 5. The zero-order chi connectivity index (χ0) is 18.6. The topological polar surface area (TPSA) is 71.2 Å². The van der Waals surface area contributed by atoms with Gasteiger partial charge in [0.25, 0.3) is 5.91 Å². The fourth-order valence-electron chi connectivity index (χ4n) is 3.69. The number of halogens is 2. The van der Waals surface area contributed by atoms with Gasteiger partial charge in [-0.3, -0.25) is 4.79 Å². The Labute approximate surface area is 183 Å². The summed E-state index contributed by atoms with van der Waals surface area (Å²) in [6.07, 6.45) is 4.02. The first-order valence-electron chi connectivity index (χ1n) is 9.46. The summed E-state index contributed by atoms with van der Waals surface area (Å²) < 4.78 is 0. The van der Waals surface area contributed by atoms with Crippen LogP contribution < -0.4 is 16.0 Å².